The van der Waals surface area contributed by atoms with E-state index in [1.165, 1.54) is 23.0 Å². The van der Waals surface area contributed by atoms with E-state index in [1.54, 1.807) is 12.3 Å². The number of aromatic nitrogens is 2. The van der Waals surface area contributed by atoms with Gasteiger partial charge in [-0.2, -0.15) is 11.3 Å². The summed E-state index contributed by atoms with van der Waals surface area (Å²) in [5.41, 5.74) is 1.14. The zero-order valence-corrected chi connectivity index (χ0v) is 14.0. The Morgan fingerprint density at radius 1 is 1.28 bits per heavy atom. The van der Waals surface area contributed by atoms with Gasteiger partial charge in [0.05, 0.1) is 11.9 Å². The molecule has 0 saturated carbocycles. The fourth-order valence-corrected chi connectivity index (χ4v) is 3.24. The molecule has 25 heavy (non-hydrogen) atoms. The number of Topliss-reactive ketones (excluding diaryl/α,β-unsaturated/α-hetero) is 1. The van der Waals surface area contributed by atoms with E-state index in [1.807, 2.05) is 16.8 Å². The molecule has 0 amide bonds. The summed E-state index contributed by atoms with van der Waals surface area (Å²) in [5, 5.41) is 22.9. The van der Waals surface area contributed by atoms with Crippen molar-refractivity contribution in [3.8, 4) is 16.9 Å². The molecule has 0 atom stereocenters. The van der Waals surface area contributed by atoms with Crippen molar-refractivity contribution in [3.63, 3.8) is 0 Å². The van der Waals surface area contributed by atoms with Gasteiger partial charge in [0, 0.05) is 25.2 Å². The van der Waals surface area contributed by atoms with Crippen molar-refractivity contribution >= 4 is 34.1 Å². The summed E-state index contributed by atoms with van der Waals surface area (Å²) in [5.74, 6) is -2.37. The van der Waals surface area contributed by atoms with E-state index in [9.17, 15) is 19.5 Å². The minimum Gasteiger partial charge on any atom is -0.505 e. The first-order valence-electron chi connectivity index (χ1n) is 7.39. The van der Waals surface area contributed by atoms with Crippen molar-refractivity contribution in [2.24, 2.45) is 7.05 Å². The number of ketones is 1. The number of aryl methyl sites for hydroxylation is 1. The number of fused-ring (bicyclic) bond motifs is 1. The highest BCUT2D eigenvalue weighted by Gasteiger charge is 2.22. The van der Waals surface area contributed by atoms with Gasteiger partial charge < -0.3 is 14.8 Å². The third-order valence-corrected chi connectivity index (χ3v) is 4.59. The van der Waals surface area contributed by atoms with Crippen LogP contribution < -0.4 is 5.56 Å². The predicted octanol–water partition coefficient (Wildman–Crippen LogP) is 2.42. The maximum Gasteiger partial charge on any atom is 0.303 e. The molecule has 3 aromatic heterocycles. The Bertz CT molecular complexity index is 1040. The molecule has 0 saturated heterocycles. The Labute approximate surface area is 145 Å². The first kappa shape index (κ1) is 16.8. The molecule has 0 aromatic carbocycles. The number of carboxylic acids is 1. The van der Waals surface area contributed by atoms with Crippen molar-refractivity contribution in [1.82, 2.24) is 9.55 Å². The summed E-state index contributed by atoms with van der Waals surface area (Å²) in [6.45, 7) is 0. The van der Waals surface area contributed by atoms with Gasteiger partial charge in [0.25, 0.3) is 5.56 Å². The lowest BCUT2D eigenvalue weighted by molar-refractivity contribution is -0.136. The normalized spacial score (nSPS) is 10.9. The van der Waals surface area contributed by atoms with E-state index in [0.717, 1.165) is 11.1 Å². The molecule has 0 unspecified atom stereocenters. The third-order valence-electron chi connectivity index (χ3n) is 3.91. The third kappa shape index (κ3) is 3.03. The molecule has 0 radical (unpaired) electrons. The molecule has 2 N–H and O–H groups in total. The Morgan fingerprint density at radius 3 is 2.68 bits per heavy atom. The Hall–Kier alpha value is -3.00. The predicted molar refractivity (Wildman–Crippen MR) is 93.2 cm³/mol. The number of nitrogens with zero attached hydrogens (tertiary/aromatic N) is 2. The summed E-state index contributed by atoms with van der Waals surface area (Å²) in [7, 11) is 1.48. The highest BCUT2D eigenvalue weighted by atomic mass is 32.1. The minimum absolute atomic E-state index is 0.125. The molecule has 7 nitrogen and oxygen atoms in total. The van der Waals surface area contributed by atoms with Crippen LogP contribution in [0, 0.1) is 0 Å². The fraction of sp³-hybridized carbons (Fsp3) is 0.176. The number of hydrogen-bond donors (Lipinski definition) is 2. The van der Waals surface area contributed by atoms with Gasteiger partial charge in [0.15, 0.2) is 11.5 Å². The molecule has 0 bridgehead atoms. The van der Waals surface area contributed by atoms with Crippen molar-refractivity contribution in [3.05, 3.63) is 45.0 Å². The summed E-state index contributed by atoms with van der Waals surface area (Å²) in [6.07, 6.45) is 0.778. The van der Waals surface area contributed by atoms with Crippen LogP contribution in [0.4, 0.5) is 0 Å². The van der Waals surface area contributed by atoms with Crippen LogP contribution in [0.5, 0.6) is 5.75 Å². The molecule has 128 valence electrons. The lowest BCUT2D eigenvalue weighted by Gasteiger charge is -2.11. The van der Waals surface area contributed by atoms with Crippen molar-refractivity contribution in [2.75, 3.05) is 0 Å². The zero-order valence-electron chi connectivity index (χ0n) is 13.2. The van der Waals surface area contributed by atoms with Gasteiger partial charge in [0.1, 0.15) is 11.1 Å². The quantitative estimate of drug-likeness (QED) is 0.678. The second-order valence-electron chi connectivity index (χ2n) is 5.51. The summed E-state index contributed by atoms with van der Waals surface area (Å²) >= 11 is 1.53. The van der Waals surface area contributed by atoms with Crippen LogP contribution >= 0.6 is 11.3 Å². The van der Waals surface area contributed by atoms with Gasteiger partial charge in [-0.05, 0) is 28.5 Å². The Kier molecular flexibility index (Phi) is 4.37. The lowest BCUT2D eigenvalue weighted by Crippen LogP contribution is -2.25. The van der Waals surface area contributed by atoms with Gasteiger partial charge in [-0.3, -0.25) is 19.4 Å². The Balaban J connectivity index is 2.16. The maximum absolute atomic E-state index is 12.5. The number of carbonyl (C=O) groups excluding carboxylic acids is 1. The number of thiophene rings is 1. The second kappa shape index (κ2) is 6.48. The SMILES string of the molecule is Cn1c(=O)c(C(=O)CCC(=O)O)c(O)c2ncc(-c3ccsc3)cc21. The maximum atomic E-state index is 12.5. The van der Waals surface area contributed by atoms with Crippen molar-refractivity contribution in [1.29, 1.82) is 0 Å². The molecule has 0 spiro atoms. The average molecular weight is 358 g/mol. The number of aromatic hydroxyl groups is 1. The smallest absolute Gasteiger partial charge is 0.303 e. The monoisotopic (exact) mass is 358 g/mol. The van der Waals surface area contributed by atoms with Crippen molar-refractivity contribution in [2.45, 2.75) is 12.8 Å². The number of rotatable bonds is 5. The molecule has 3 rings (SSSR count). The van der Waals surface area contributed by atoms with E-state index >= 15 is 0 Å². The molecule has 0 fully saturated rings. The van der Waals surface area contributed by atoms with E-state index in [0.29, 0.717) is 5.52 Å². The molecule has 3 heterocycles. The van der Waals surface area contributed by atoms with Crippen LogP contribution in [0.1, 0.15) is 23.2 Å². The largest absolute Gasteiger partial charge is 0.505 e. The highest BCUT2D eigenvalue weighted by Crippen LogP contribution is 2.29. The van der Waals surface area contributed by atoms with Crippen LogP contribution in [-0.4, -0.2) is 31.5 Å². The van der Waals surface area contributed by atoms with Crippen LogP contribution in [0.15, 0.2) is 33.9 Å². The van der Waals surface area contributed by atoms with E-state index in [2.05, 4.69) is 4.98 Å². The minimum atomic E-state index is -1.15. The molecule has 0 aliphatic rings. The number of aliphatic carboxylic acids is 1. The van der Waals surface area contributed by atoms with Crippen LogP contribution in [0.2, 0.25) is 0 Å². The van der Waals surface area contributed by atoms with Gasteiger partial charge in [-0.15, -0.1) is 0 Å². The molecule has 0 aliphatic carbocycles. The molecule has 3 aromatic rings. The van der Waals surface area contributed by atoms with Gasteiger partial charge in [0.2, 0.25) is 0 Å². The number of pyridine rings is 2. The van der Waals surface area contributed by atoms with Crippen LogP contribution in [0.3, 0.4) is 0 Å². The highest BCUT2D eigenvalue weighted by molar-refractivity contribution is 7.08. The second-order valence-corrected chi connectivity index (χ2v) is 6.29. The first-order chi connectivity index (χ1) is 11.9. The van der Waals surface area contributed by atoms with Crippen LogP contribution in [-0.2, 0) is 11.8 Å². The lowest BCUT2D eigenvalue weighted by atomic mass is 10.0. The standard InChI is InChI=1S/C17H14N2O5S/c1-19-11-6-10(9-4-5-25-8-9)7-18-15(11)16(23)14(17(19)24)12(20)2-3-13(21)22/h4-8,23H,2-3H2,1H3,(H,21,22). The topological polar surface area (TPSA) is 109 Å². The first-order valence-corrected chi connectivity index (χ1v) is 8.33. The number of carbonyl (C=O) groups is 2. The van der Waals surface area contributed by atoms with E-state index in [4.69, 9.17) is 5.11 Å². The zero-order chi connectivity index (χ0) is 18.1. The summed E-state index contributed by atoms with van der Waals surface area (Å²) < 4.78 is 1.24. The van der Waals surface area contributed by atoms with Crippen molar-refractivity contribution < 1.29 is 19.8 Å². The van der Waals surface area contributed by atoms with Gasteiger partial charge in [-0.1, -0.05) is 0 Å². The van der Waals surface area contributed by atoms with Gasteiger partial charge >= 0.3 is 5.97 Å². The molecule has 0 aliphatic heterocycles. The Morgan fingerprint density at radius 2 is 2.04 bits per heavy atom. The summed E-state index contributed by atoms with van der Waals surface area (Å²) in [4.78, 5) is 39.5. The molecule has 8 heteroatoms. The molecular formula is C17H14N2O5S. The number of carboxylic acid groups (broad SMARTS) is 1. The van der Waals surface area contributed by atoms with Gasteiger partial charge in [-0.25, -0.2) is 0 Å². The average Bonchev–Trinajstić information content (AvgIpc) is 3.12. The number of hydrogen-bond acceptors (Lipinski definition) is 6. The summed E-state index contributed by atoms with van der Waals surface area (Å²) in [6, 6.07) is 3.63. The fourth-order valence-electron chi connectivity index (χ4n) is 2.57. The molecular weight excluding hydrogens is 344 g/mol. The van der Waals surface area contributed by atoms with Crippen LogP contribution in [0.25, 0.3) is 22.2 Å². The van der Waals surface area contributed by atoms with E-state index < -0.39 is 35.0 Å². The van der Waals surface area contributed by atoms with E-state index in [-0.39, 0.29) is 11.9 Å².